The first-order chi connectivity index (χ1) is 18.9. The molecule has 212 valence electrons. The molecule has 0 saturated heterocycles. The third-order valence-corrected chi connectivity index (χ3v) is 6.85. The Morgan fingerprint density at radius 1 is 0.974 bits per heavy atom. The molecule has 8 heteroatoms. The van der Waals surface area contributed by atoms with Crippen LogP contribution >= 0.6 is 0 Å². The molecular weight excluding hydrogens is 490 g/mol. The standard InChI is InChI=1S/C31H45N5O3/c1-6-8-15-36(16-9-7-2)17-10-18-39-30-19-27-28(20-29(30)38-5)33-22-34-31(27)35-26-13-11-25(12-14-26)23(3)21-32-24(4)37/h11-14,19-20,22-23H,6-10,15-18,21H2,1-5H3,(H,32,37)(H,33,34,35)/t23-/m1/s1. The summed E-state index contributed by atoms with van der Waals surface area (Å²) in [4.78, 5) is 22.7. The van der Waals surface area contributed by atoms with Crippen LogP contribution in [0.3, 0.4) is 0 Å². The summed E-state index contributed by atoms with van der Waals surface area (Å²) in [7, 11) is 1.65. The Morgan fingerprint density at radius 2 is 1.67 bits per heavy atom. The summed E-state index contributed by atoms with van der Waals surface area (Å²) < 4.78 is 11.8. The number of benzene rings is 2. The number of fused-ring (bicyclic) bond motifs is 1. The number of methoxy groups -OCH3 is 1. The van der Waals surface area contributed by atoms with Crippen LogP contribution < -0.4 is 20.1 Å². The van der Waals surface area contributed by atoms with Crippen molar-refractivity contribution in [1.29, 1.82) is 0 Å². The molecule has 8 nitrogen and oxygen atoms in total. The van der Waals surface area contributed by atoms with E-state index in [1.54, 1.807) is 13.4 Å². The Bertz CT molecular complexity index is 1160. The molecule has 0 spiro atoms. The van der Waals surface area contributed by atoms with Crippen molar-refractivity contribution in [2.45, 2.75) is 65.7 Å². The lowest BCUT2D eigenvalue weighted by molar-refractivity contribution is -0.119. The highest BCUT2D eigenvalue weighted by Crippen LogP contribution is 2.35. The number of unbranched alkanes of at least 4 members (excludes halogenated alkanes) is 2. The molecule has 2 N–H and O–H groups in total. The largest absolute Gasteiger partial charge is 0.493 e. The van der Waals surface area contributed by atoms with E-state index in [0.717, 1.165) is 48.2 Å². The van der Waals surface area contributed by atoms with Crippen LogP contribution in [0.2, 0.25) is 0 Å². The highest BCUT2D eigenvalue weighted by Gasteiger charge is 2.13. The maximum Gasteiger partial charge on any atom is 0.216 e. The van der Waals surface area contributed by atoms with E-state index in [-0.39, 0.29) is 11.8 Å². The molecule has 1 amide bonds. The molecule has 2 aromatic carbocycles. The summed E-state index contributed by atoms with van der Waals surface area (Å²) in [5, 5.41) is 7.17. The average molecular weight is 536 g/mol. The van der Waals surface area contributed by atoms with Crippen molar-refractivity contribution in [3.63, 3.8) is 0 Å². The number of carbonyl (C=O) groups is 1. The van der Waals surface area contributed by atoms with Crippen molar-refractivity contribution >= 4 is 28.3 Å². The van der Waals surface area contributed by atoms with Crippen molar-refractivity contribution in [2.24, 2.45) is 0 Å². The van der Waals surface area contributed by atoms with Gasteiger partial charge in [-0.2, -0.15) is 0 Å². The van der Waals surface area contributed by atoms with E-state index in [4.69, 9.17) is 9.47 Å². The Hall–Kier alpha value is -3.39. The van der Waals surface area contributed by atoms with Gasteiger partial charge in [0, 0.05) is 37.2 Å². The molecule has 0 fully saturated rings. The van der Waals surface area contributed by atoms with Gasteiger partial charge in [0.05, 0.1) is 19.2 Å². The van der Waals surface area contributed by atoms with Gasteiger partial charge in [-0.15, -0.1) is 0 Å². The Kier molecular flexibility index (Phi) is 12.3. The molecule has 1 aromatic heterocycles. The highest BCUT2D eigenvalue weighted by molar-refractivity contribution is 5.93. The van der Waals surface area contributed by atoms with Crippen molar-refractivity contribution < 1.29 is 14.3 Å². The first-order valence-corrected chi connectivity index (χ1v) is 14.2. The molecule has 39 heavy (non-hydrogen) atoms. The Labute approximate surface area is 233 Å². The number of nitrogens with zero attached hydrogens (tertiary/aromatic N) is 3. The second-order valence-corrected chi connectivity index (χ2v) is 10.1. The fraction of sp³-hybridized carbons (Fsp3) is 0.516. The molecule has 0 bridgehead atoms. The van der Waals surface area contributed by atoms with Crippen molar-refractivity contribution in [1.82, 2.24) is 20.2 Å². The summed E-state index contributed by atoms with van der Waals surface area (Å²) in [6.45, 7) is 12.7. The van der Waals surface area contributed by atoms with E-state index in [1.165, 1.54) is 32.6 Å². The summed E-state index contributed by atoms with van der Waals surface area (Å²) >= 11 is 0. The van der Waals surface area contributed by atoms with Crippen LogP contribution in [-0.2, 0) is 4.79 Å². The molecule has 0 aliphatic carbocycles. The minimum atomic E-state index is -0.0170. The maximum absolute atomic E-state index is 11.2. The van der Waals surface area contributed by atoms with Crippen LogP contribution in [0.4, 0.5) is 11.5 Å². The Morgan fingerprint density at radius 3 is 2.31 bits per heavy atom. The molecule has 1 heterocycles. The van der Waals surface area contributed by atoms with Gasteiger partial charge in [-0.05, 0) is 62.0 Å². The third kappa shape index (κ3) is 9.39. The SMILES string of the molecule is CCCCN(CCCC)CCCOc1cc2c(Nc3ccc([C@H](C)CNC(C)=O)cc3)ncnc2cc1OC. The highest BCUT2D eigenvalue weighted by atomic mass is 16.5. The molecule has 0 aliphatic heterocycles. The summed E-state index contributed by atoms with van der Waals surface area (Å²) in [5.41, 5.74) is 2.86. The minimum absolute atomic E-state index is 0.0170. The van der Waals surface area contributed by atoms with E-state index in [1.807, 2.05) is 24.3 Å². The molecule has 0 saturated carbocycles. The van der Waals surface area contributed by atoms with E-state index < -0.39 is 0 Å². The van der Waals surface area contributed by atoms with Crippen molar-refractivity contribution in [2.75, 3.05) is 45.2 Å². The van der Waals surface area contributed by atoms with Gasteiger partial charge in [0.15, 0.2) is 11.5 Å². The lowest BCUT2D eigenvalue weighted by Gasteiger charge is -2.22. The van der Waals surface area contributed by atoms with Gasteiger partial charge in [-0.1, -0.05) is 45.7 Å². The van der Waals surface area contributed by atoms with E-state index in [9.17, 15) is 4.79 Å². The minimum Gasteiger partial charge on any atom is -0.493 e. The van der Waals surface area contributed by atoms with Gasteiger partial charge in [0.25, 0.3) is 0 Å². The van der Waals surface area contributed by atoms with Crippen LogP contribution in [0, 0.1) is 0 Å². The fourth-order valence-electron chi connectivity index (χ4n) is 4.45. The molecule has 0 radical (unpaired) electrons. The van der Waals surface area contributed by atoms with Crippen molar-refractivity contribution in [3.8, 4) is 11.5 Å². The van der Waals surface area contributed by atoms with Crippen LogP contribution in [0.5, 0.6) is 11.5 Å². The number of carbonyl (C=O) groups excluding carboxylic acids is 1. The predicted octanol–water partition coefficient (Wildman–Crippen LogP) is 6.29. The molecule has 3 aromatic rings. The first-order valence-electron chi connectivity index (χ1n) is 14.2. The number of hydrogen-bond donors (Lipinski definition) is 2. The molecule has 3 rings (SSSR count). The number of ether oxygens (including phenoxy) is 2. The number of hydrogen-bond acceptors (Lipinski definition) is 7. The van der Waals surface area contributed by atoms with Crippen LogP contribution in [0.25, 0.3) is 10.9 Å². The van der Waals surface area contributed by atoms with Gasteiger partial charge >= 0.3 is 0 Å². The zero-order valence-electron chi connectivity index (χ0n) is 24.3. The maximum atomic E-state index is 11.2. The molecular formula is C31H45N5O3. The number of amides is 1. The topological polar surface area (TPSA) is 88.6 Å². The number of rotatable bonds is 17. The fourth-order valence-corrected chi connectivity index (χ4v) is 4.45. The summed E-state index contributed by atoms with van der Waals surface area (Å²) in [6, 6.07) is 12.1. The first kappa shape index (κ1) is 30.2. The zero-order valence-corrected chi connectivity index (χ0v) is 24.3. The number of aromatic nitrogens is 2. The summed E-state index contributed by atoms with van der Waals surface area (Å²) in [6.07, 6.45) is 7.41. The third-order valence-electron chi connectivity index (χ3n) is 6.85. The lowest BCUT2D eigenvalue weighted by atomic mass is 10.0. The smallest absolute Gasteiger partial charge is 0.216 e. The monoisotopic (exact) mass is 535 g/mol. The van der Waals surface area contributed by atoms with Gasteiger partial charge < -0.3 is 25.0 Å². The van der Waals surface area contributed by atoms with Crippen molar-refractivity contribution in [3.05, 3.63) is 48.3 Å². The zero-order chi connectivity index (χ0) is 28.0. The quantitative estimate of drug-likeness (QED) is 0.196. The van der Waals surface area contributed by atoms with E-state index in [0.29, 0.717) is 30.5 Å². The van der Waals surface area contributed by atoms with Crippen LogP contribution in [-0.4, -0.2) is 60.7 Å². The molecule has 0 unspecified atom stereocenters. The molecule has 0 aliphatic rings. The number of nitrogens with one attached hydrogen (secondary N) is 2. The lowest BCUT2D eigenvalue weighted by Crippen LogP contribution is -2.28. The number of anilines is 2. The van der Waals surface area contributed by atoms with Gasteiger partial charge in [-0.3, -0.25) is 4.79 Å². The Balaban J connectivity index is 1.69. The predicted molar refractivity (Wildman–Crippen MR) is 159 cm³/mol. The van der Waals surface area contributed by atoms with Gasteiger partial charge in [0.2, 0.25) is 5.91 Å². The summed E-state index contributed by atoms with van der Waals surface area (Å²) in [5.74, 6) is 2.27. The van der Waals surface area contributed by atoms with Crippen LogP contribution in [0.1, 0.15) is 71.3 Å². The van der Waals surface area contributed by atoms with Crippen LogP contribution in [0.15, 0.2) is 42.7 Å². The van der Waals surface area contributed by atoms with E-state index in [2.05, 4.69) is 58.4 Å². The second-order valence-electron chi connectivity index (χ2n) is 10.1. The normalized spacial score (nSPS) is 11.9. The average Bonchev–Trinajstić information content (AvgIpc) is 2.95. The van der Waals surface area contributed by atoms with Gasteiger partial charge in [-0.25, -0.2) is 9.97 Å². The van der Waals surface area contributed by atoms with E-state index >= 15 is 0 Å². The second kappa shape index (κ2) is 15.9. The van der Waals surface area contributed by atoms with Gasteiger partial charge in [0.1, 0.15) is 12.1 Å². The molecule has 1 atom stereocenters.